The van der Waals surface area contributed by atoms with E-state index in [0.29, 0.717) is 5.56 Å². The first kappa shape index (κ1) is 18.1. The van der Waals surface area contributed by atoms with Crippen molar-refractivity contribution in [3.8, 4) is 0 Å². The van der Waals surface area contributed by atoms with Gasteiger partial charge in [-0.1, -0.05) is 28.1 Å². The Bertz CT molecular complexity index is 640. The summed E-state index contributed by atoms with van der Waals surface area (Å²) in [5.41, 5.74) is 0.500. The molecule has 0 unspecified atom stereocenters. The van der Waals surface area contributed by atoms with E-state index in [9.17, 15) is 19.2 Å². The Balaban J connectivity index is 1.63. The van der Waals surface area contributed by atoms with E-state index in [-0.39, 0.29) is 24.7 Å². The molecule has 3 amide bonds. The number of carbonyl (C=O) groups excluding carboxylic acids is 4. The zero-order chi connectivity index (χ0) is 17.5. The molecular formula is C16H17BrN2O5. The first-order chi connectivity index (χ1) is 11.4. The SMILES string of the molecule is O=C(COC(=O)CCC(=O)c1ccc(Br)cc1)NC(=O)NC1CC1. The molecule has 1 aromatic carbocycles. The Hall–Kier alpha value is -2.22. The molecule has 1 aliphatic carbocycles. The van der Waals surface area contributed by atoms with Crippen molar-refractivity contribution in [1.29, 1.82) is 0 Å². The maximum atomic E-state index is 11.9. The predicted octanol–water partition coefficient (Wildman–Crippen LogP) is 1.94. The highest BCUT2D eigenvalue weighted by Crippen LogP contribution is 2.18. The van der Waals surface area contributed by atoms with E-state index in [4.69, 9.17) is 4.74 Å². The monoisotopic (exact) mass is 396 g/mol. The zero-order valence-corrected chi connectivity index (χ0v) is 14.4. The maximum absolute atomic E-state index is 11.9. The van der Waals surface area contributed by atoms with Crippen molar-refractivity contribution < 1.29 is 23.9 Å². The van der Waals surface area contributed by atoms with Crippen LogP contribution in [0, 0.1) is 0 Å². The molecule has 24 heavy (non-hydrogen) atoms. The van der Waals surface area contributed by atoms with E-state index in [1.807, 2.05) is 0 Å². The molecule has 0 aromatic heterocycles. The number of imide groups is 1. The van der Waals surface area contributed by atoms with Gasteiger partial charge in [0.25, 0.3) is 5.91 Å². The Labute approximate surface area is 147 Å². The molecule has 1 aliphatic rings. The predicted molar refractivity (Wildman–Crippen MR) is 88.4 cm³/mol. The third-order valence-corrected chi connectivity index (χ3v) is 3.78. The van der Waals surface area contributed by atoms with Crippen molar-refractivity contribution in [1.82, 2.24) is 10.6 Å². The number of halogens is 1. The molecule has 0 bridgehead atoms. The number of urea groups is 1. The van der Waals surface area contributed by atoms with Crippen LogP contribution in [0.3, 0.4) is 0 Å². The minimum Gasteiger partial charge on any atom is -0.456 e. The zero-order valence-electron chi connectivity index (χ0n) is 12.8. The summed E-state index contributed by atoms with van der Waals surface area (Å²) in [5.74, 6) is -1.56. The van der Waals surface area contributed by atoms with E-state index in [1.54, 1.807) is 24.3 Å². The lowest BCUT2D eigenvalue weighted by atomic mass is 10.1. The first-order valence-corrected chi connectivity index (χ1v) is 8.28. The van der Waals surface area contributed by atoms with Gasteiger partial charge in [0, 0.05) is 22.5 Å². The highest BCUT2D eigenvalue weighted by atomic mass is 79.9. The molecule has 0 spiro atoms. The number of nitrogens with one attached hydrogen (secondary N) is 2. The first-order valence-electron chi connectivity index (χ1n) is 7.49. The number of ether oxygens (including phenoxy) is 1. The van der Waals surface area contributed by atoms with Gasteiger partial charge in [0.15, 0.2) is 12.4 Å². The summed E-state index contributed by atoms with van der Waals surface area (Å²) in [4.78, 5) is 46.2. The number of Topliss-reactive ketones (excluding diaryl/α,β-unsaturated/α-hetero) is 1. The lowest BCUT2D eigenvalue weighted by molar-refractivity contribution is -0.148. The molecule has 7 nitrogen and oxygen atoms in total. The number of amides is 3. The summed E-state index contributed by atoms with van der Waals surface area (Å²) in [6.45, 7) is -0.552. The normalized spacial score (nSPS) is 13.0. The maximum Gasteiger partial charge on any atom is 0.321 e. The van der Waals surface area contributed by atoms with Crippen LogP contribution < -0.4 is 10.6 Å². The van der Waals surface area contributed by atoms with Gasteiger partial charge in [0.2, 0.25) is 0 Å². The summed E-state index contributed by atoms with van der Waals surface area (Å²) in [6, 6.07) is 6.33. The van der Waals surface area contributed by atoms with E-state index in [1.165, 1.54) is 0 Å². The van der Waals surface area contributed by atoms with E-state index < -0.39 is 24.5 Å². The van der Waals surface area contributed by atoms with Crippen LogP contribution in [0.15, 0.2) is 28.7 Å². The summed E-state index contributed by atoms with van der Waals surface area (Å²) in [6.07, 6.45) is 1.67. The smallest absolute Gasteiger partial charge is 0.321 e. The quantitative estimate of drug-likeness (QED) is 0.541. The van der Waals surface area contributed by atoms with Crippen LogP contribution >= 0.6 is 15.9 Å². The number of hydrogen-bond acceptors (Lipinski definition) is 5. The molecule has 1 fully saturated rings. The van der Waals surface area contributed by atoms with Crippen LogP contribution in [0.1, 0.15) is 36.0 Å². The lowest BCUT2D eigenvalue weighted by Crippen LogP contribution is -2.42. The van der Waals surface area contributed by atoms with Crippen molar-refractivity contribution in [3.63, 3.8) is 0 Å². The van der Waals surface area contributed by atoms with Gasteiger partial charge in [0.05, 0.1) is 6.42 Å². The average Bonchev–Trinajstić information content (AvgIpc) is 3.35. The van der Waals surface area contributed by atoms with Gasteiger partial charge in [-0.25, -0.2) is 4.79 Å². The van der Waals surface area contributed by atoms with E-state index in [0.717, 1.165) is 17.3 Å². The summed E-state index contributed by atoms with van der Waals surface area (Å²) < 4.78 is 5.60. The van der Waals surface area contributed by atoms with Crippen LogP contribution in [0.2, 0.25) is 0 Å². The molecule has 128 valence electrons. The second kappa shape index (κ2) is 8.58. The molecule has 2 rings (SSSR count). The van der Waals surface area contributed by atoms with Gasteiger partial charge in [0.1, 0.15) is 0 Å². The molecule has 2 N–H and O–H groups in total. The highest BCUT2D eigenvalue weighted by molar-refractivity contribution is 9.10. The number of ketones is 1. The fraction of sp³-hybridized carbons (Fsp3) is 0.375. The second-order valence-corrected chi connectivity index (χ2v) is 6.30. The Kier molecular flexibility index (Phi) is 6.48. The summed E-state index contributed by atoms with van der Waals surface area (Å²) in [5, 5.41) is 4.64. The van der Waals surface area contributed by atoms with Crippen LogP contribution in [0.25, 0.3) is 0 Å². The highest BCUT2D eigenvalue weighted by Gasteiger charge is 2.24. The van der Waals surface area contributed by atoms with Crippen LogP contribution in [0.4, 0.5) is 4.79 Å². The number of hydrogen-bond donors (Lipinski definition) is 2. The number of rotatable bonds is 7. The molecular weight excluding hydrogens is 380 g/mol. The van der Waals surface area contributed by atoms with Crippen molar-refractivity contribution >= 4 is 39.6 Å². The fourth-order valence-electron chi connectivity index (χ4n) is 1.83. The molecule has 0 heterocycles. The molecule has 1 saturated carbocycles. The standard InChI is InChI=1S/C16H17BrN2O5/c17-11-3-1-10(2-4-11)13(20)7-8-15(22)24-9-14(21)19-16(23)18-12-5-6-12/h1-4,12H,5-9H2,(H2,18,19,21,23). The Morgan fingerprint density at radius 3 is 2.38 bits per heavy atom. The van der Waals surface area contributed by atoms with Gasteiger partial charge >= 0.3 is 12.0 Å². The second-order valence-electron chi connectivity index (χ2n) is 5.39. The van der Waals surface area contributed by atoms with Crippen LogP contribution in [0.5, 0.6) is 0 Å². The van der Waals surface area contributed by atoms with Gasteiger partial charge in [-0.15, -0.1) is 0 Å². The van der Waals surface area contributed by atoms with E-state index >= 15 is 0 Å². The van der Waals surface area contributed by atoms with Gasteiger partial charge < -0.3 is 10.1 Å². The number of carbonyl (C=O) groups is 4. The van der Waals surface area contributed by atoms with Crippen molar-refractivity contribution in [2.24, 2.45) is 0 Å². The topological polar surface area (TPSA) is 102 Å². The fourth-order valence-corrected chi connectivity index (χ4v) is 2.09. The van der Waals surface area contributed by atoms with E-state index in [2.05, 4.69) is 26.6 Å². The summed E-state index contributed by atoms with van der Waals surface area (Å²) in [7, 11) is 0. The van der Waals surface area contributed by atoms with Crippen LogP contribution in [-0.2, 0) is 14.3 Å². The largest absolute Gasteiger partial charge is 0.456 e. The Morgan fingerprint density at radius 1 is 1.08 bits per heavy atom. The van der Waals surface area contributed by atoms with Crippen molar-refractivity contribution in [2.45, 2.75) is 31.7 Å². The lowest BCUT2D eigenvalue weighted by Gasteiger charge is -2.06. The van der Waals surface area contributed by atoms with Crippen molar-refractivity contribution in [2.75, 3.05) is 6.61 Å². The molecule has 0 aliphatic heterocycles. The number of benzene rings is 1. The van der Waals surface area contributed by atoms with Crippen LogP contribution in [-0.4, -0.2) is 36.3 Å². The molecule has 1 aromatic rings. The van der Waals surface area contributed by atoms with Gasteiger partial charge in [-0.2, -0.15) is 0 Å². The van der Waals surface area contributed by atoms with Gasteiger partial charge in [-0.05, 0) is 25.0 Å². The molecule has 0 saturated heterocycles. The Morgan fingerprint density at radius 2 is 1.75 bits per heavy atom. The molecule has 0 atom stereocenters. The third-order valence-electron chi connectivity index (χ3n) is 3.25. The molecule has 8 heteroatoms. The van der Waals surface area contributed by atoms with Gasteiger partial charge in [-0.3, -0.25) is 19.7 Å². The molecule has 0 radical (unpaired) electrons. The third kappa shape index (κ3) is 6.49. The number of esters is 1. The minimum absolute atomic E-state index is 0.00967. The van der Waals surface area contributed by atoms with Crippen molar-refractivity contribution in [3.05, 3.63) is 34.3 Å². The minimum atomic E-state index is -0.708. The summed E-state index contributed by atoms with van der Waals surface area (Å²) >= 11 is 3.27. The average molecular weight is 397 g/mol.